The van der Waals surface area contributed by atoms with E-state index in [1.54, 1.807) is 19.1 Å². The van der Waals surface area contributed by atoms with Crippen LogP contribution in [-0.2, 0) is 9.53 Å². The van der Waals surface area contributed by atoms with Crippen molar-refractivity contribution in [3.05, 3.63) is 59.1 Å². The quantitative estimate of drug-likeness (QED) is 0.482. The topological polar surface area (TPSA) is 72.2 Å². The van der Waals surface area contributed by atoms with Gasteiger partial charge >= 0.3 is 5.97 Å². The van der Waals surface area contributed by atoms with E-state index < -0.39 is 5.97 Å². The number of allylic oxidation sites excluding steroid dienone is 1. The number of fused-ring (bicyclic) bond motifs is 1. The van der Waals surface area contributed by atoms with Gasteiger partial charge in [-0.3, -0.25) is 0 Å². The maximum atomic E-state index is 11.5. The van der Waals surface area contributed by atoms with Crippen molar-refractivity contribution in [1.29, 1.82) is 5.26 Å². The summed E-state index contributed by atoms with van der Waals surface area (Å²) in [5.41, 5.74) is 2.01. The first-order valence-corrected chi connectivity index (χ1v) is 8.88. The second-order valence-electron chi connectivity index (χ2n) is 5.29. The standard InChI is InChI=1S/C20H16N2O3S/c1-2-24-19(23)13-25-17-9-5-3-7-14(17)11-15(12-21)20-22-16-8-4-6-10-18(16)26-20/h3-11H,2,13H2,1H3/b15-11+. The molecule has 2 aromatic carbocycles. The van der Waals surface area contributed by atoms with Crippen molar-refractivity contribution in [2.75, 3.05) is 13.2 Å². The number of hydrogen-bond donors (Lipinski definition) is 0. The van der Waals surface area contributed by atoms with Crippen LogP contribution in [0.5, 0.6) is 5.75 Å². The van der Waals surface area contributed by atoms with Crippen LogP contribution in [0.15, 0.2) is 48.5 Å². The molecule has 5 nitrogen and oxygen atoms in total. The molecule has 0 bridgehead atoms. The summed E-state index contributed by atoms with van der Waals surface area (Å²) in [5, 5.41) is 10.2. The number of thiazole rings is 1. The van der Waals surface area contributed by atoms with E-state index in [0.29, 0.717) is 28.5 Å². The zero-order valence-electron chi connectivity index (χ0n) is 14.1. The molecular weight excluding hydrogens is 348 g/mol. The van der Waals surface area contributed by atoms with Gasteiger partial charge in [0.2, 0.25) is 0 Å². The van der Waals surface area contributed by atoms with E-state index in [1.807, 2.05) is 42.5 Å². The van der Waals surface area contributed by atoms with Crippen LogP contribution in [0.1, 0.15) is 17.5 Å². The number of carbonyl (C=O) groups excluding carboxylic acids is 1. The van der Waals surface area contributed by atoms with Crippen molar-refractivity contribution in [3.8, 4) is 11.8 Å². The summed E-state index contributed by atoms with van der Waals surface area (Å²) < 4.78 is 11.4. The number of aromatic nitrogens is 1. The van der Waals surface area contributed by atoms with Gasteiger partial charge in [-0.25, -0.2) is 9.78 Å². The number of nitrogens with zero attached hydrogens (tertiary/aromatic N) is 2. The average Bonchev–Trinajstić information content (AvgIpc) is 3.09. The fraction of sp³-hybridized carbons (Fsp3) is 0.150. The SMILES string of the molecule is CCOC(=O)COc1ccccc1/C=C(\C#N)c1nc2ccccc2s1. The number of rotatable bonds is 6. The molecule has 3 rings (SSSR count). The molecule has 0 radical (unpaired) electrons. The minimum Gasteiger partial charge on any atom is -0.481 e. The molecule has 0 unspecified atom stereocenters. The zero-order valence-corrected chi connectivity index (χ0v) is 15.0. The third kappa shape index (κ3) is 4.08. The van der Waals surface area contributed by atoms with Crippen molar-refractivity contribution >= 4 is 39.2 Å². The van der Waals surface area contributed by atoms with Gasteiger partial charge in [0.15, 0.2) is 6.61 Å². The van der Waals surface area contributed by atoms with Gasteiger partial charge in [0, 0.05) is 5.56 Å². The van der Waals surface area contributed by atoms with E-state index >= 15 is 0 Å². The Morgan fingerprint density at radius 1 is 1.23 bits per heavy atom. The molecule has 0 aliphatic rings. The molecule has 0 aliphatic carbocycles. The van der Waals surface area contributed by atoms with Gasteiger partial charge in [0.1, 0.15) is 16.8 Å². The summed E-state index contributed by atoms with van der Waals surface area (Å²) >= 11 is 1.46. The van der Waals surface area contributed by atoms with E-state index in [-0.39, 0.29) is 6.61 Å². The predicted octanol–water partition coefficient (Wildman–Crippen LogP) is 4.30. The Morgan fingerprint density at radius 2 is 2.00 bits per heavy atom. The number of benzene rings is 2. The van der Waals surface area contributed by atoms with Crippen LogP contribution in [0.4, 0.5) is 0 Å². The van der Waals surface area contributed by atoms with Crippen molar-refractivity contribution in [1.82, 2.24) is 4.98 Å². The Bertz CT molecular complexity index is 968. The maximum absolute atomic E-state index is 11.5. The summed E-state index contributed by atoms with van der Waals surface area (Å²) in [4.78, 5) is 16.0. The predicted molar refractivity (Wildman–Crippen MR) is 102 cm³/mol. The van der Waals surface area contributed by atoms with E-state index in [9.17, 15) is 10.1 Å². The fourth-order valence-corrected chi connectivity index (χ4v) is 3.29. The number of carbonyl (C=O) groups is 1. The van der Waals surface area contributed by atoms with Crippen molar-refractivity contribution in [2.45, 2.75) is 6.92 Å². The molecule has 0 saturated heterocycles. The number of esters is 1. The first-order valence-electron chi connectivity index (χ1n) is 8.06. The lowest BCUT2D eigenvalue weighted by molar-refractivity contribution is -0.145. The number of para-hydroxylation sites is 2. The smallest absolute Gasteiger partial charge is 0.344 e. The monoisotopic (exact) mass is 364 g/mol. The van der Waals surface area contributed by atoms with E-state index in [1.165, 1.54) is 11.3 Å². The molecule has 0 aliphatic heterocycles. The molecule has 0 atom stereocenters. The average molecular weight is 364 g/mol. The molecule has 0 N–H and O–H groups in total. The van der Waals surface area contributed by atoms with Gasteiger partial charge in [-0.1, -0.05) is 30.3 Å². The van der Waals surface area contributed by atoms with Crippen LogP contribution in [0.3, 0.4) is 0 Å². The summed E-state index contributed by atoms with van der Waals surface area (Å²) in [6.45, 7) is 1.87. The third-order valence-electron chi connectivity index (χ3n) is 3.51. The van der Waals surface area contributed by atoms with Gasteiger partial charge < -0.3 is 9.47 Å². The number of nitriles is 1. The first kappa shape index (κ1) is 17.6. The molecule has 0 amide bonds. The van der Waals surface area contributed by atoms with E-state index in [4.69, 9.17) is 9.47 Å². The molecule has 1 aromatic heterocycles. The van der Waals surface area contributed by atoms with Crippen LogP contribution in [0.2, 0.25) is 0 Å². The Kier molecular flexibility index (Phi) is 5.62. The van der Waals surface area contributed by atoms with Gasteiger partial charge in [-0.05, 0) is 31.2 Å². The lowest BCUT2D eigenvalue weighted by Crippen LogP contribution is -2.14. The van der Waals surface area contributed by atoms with E-state index in [2.05, 4.69) is 11.1 Å². The van der Waals surface area contributed by atoms with Gasteiger partial charge in [-0.2, -0.15) is 5.26 Å². The summed E-state index contributed by atoms with van der Waals surface area (Å²) in [6, 6.07) is 17.2. The summed E-state index contributed by atoms with van der Waals surface area (Å²) in [6.07, 6.45) is 1.72. The van der Waals surface area contributed by atoms with Crippen LogP contribution < -0.4 is 4.74 Å². The Labute approximate surface area is 155 Å². The van der Waals surface area contributed by atoms with Crippen LogP contribution in [0.25, 0.3) is 21.9 Å². The highest BCUT2D eigenvalue weighted by molar-refractivity contribution is 7.19. The highest BCUT2D eigenvalue weighted by atomic mass is 32.1. The summed E-state index contributed by atoms with van der Waals surface area (Å²) in [5.74, 6) is 0.0763. The molecule has 26 heavy (non-hydrogen) atoms. The molecule has 3 aromatic rings. The highest BCUT2D eigenvalue weighted by Gasteiger charge is 2.11. The highest BCUT2D eigenvalue weighted by Crippen LogP contribution is 2.29. The van der Waals surface area contributed by atoms with Gasteiger partial charge in [-0.15, -0.1) is 11.3 Å². The van der Waals surface area contributed by atoms with Crippen LogP contribution in [-0.4, -0.2) is 24.2 Å². The second-order valence-corrected chi connectivity index (χ2v) is 6.32. The normalized spacial score (nSPS) is 11.2. The first-order chi connectivity index (χ1) is 12.7. The Hall–Kier alpha value is -3.17. The Morgan fingerprint density at radius 3 is 2.77 bits per heavy atom. The minimum atomic E-state index is -0.432. The second kappa shape index (κ2) is 8.28. The molecule has 1 heterocycles. The maximum Gasteiger partial charge on any atom is 0.344 e. The molecule has 6 heteroatoms. The van der Waals surface area contributed by atoms with E-state index in [0.717, 1.165) is 10.2 Å². The largest absolute Gasteiger partial charge is 0.481 e. The molecule has 0 fully saturated rings. The minimum absolute atomic E-state index is 0.179. The molecular formula is C20H16N2O3S. The van der Waals surface area contributed by atoms with Crippen LogP contribution in [0, 0.1) is 11.3 Å². The fourth-order valence-electron chi connectivity index (χ4n) is 2.36. The molecule has 130 valence electrons. The lowest BCUT2D eigenvalue weighted by Gasteiger charge is -2.08. The van der Waals surface area contributed by atoms with Crippen molar-refractivity contribution in [3.63, 3.8) is 0 Å². The third-order valence-corrected chi connectivity index (χ3v) is 4.58. The summed E-state index contributed by atoms with van der Waals surface area (Å²) in [7, 11) is 0. The van der Waals surface area contributed by atoms with Crippen molar-refractivity contribution in [2.24, 2.45) is 0 Å². The lowest BCUT2D eigenvalue weighted by atomic mass is 10.1. The Balaban J connectivity index is 1.90. The van der Waals surface area contributed by atoms with Gasteiger partial charge in [0.05, 0.1) is 22.4 Å². The van der Waals surface area contributed by atoms with Gasteiger partial charge in [0.25, 0.3) is 0 Å². The zero-order chi connectivity index (χ0) is 18.4. The number of hydrogen-bond acceptors (Lipinski definition) is 6. The van der Waals surface area contributed by atoms with Crippen molar-refractivity contribution < 1.29 is 14.3 Å². The molecule has 0 saturated carbocycles. The molecule has 0 spiro atoms. The van der Waals surface area contributed by atoms with Crippen LogP contribution >= 0.6 is 11.3 Å². The number of ether oxygens (including phenoxy) is 2.